The molecule has 0 bridgehead atoms. The molecule has 0 amide bonds. The van der Waals surface area contributed by atoms with Crippen molar-refractivity contribution in [2.75, 3.05) is 0 Å². The van der Waals surface area contributed by atoms with E-state index in [9.17, 15) is 0 Å². The van der Waals surface area contributed by atoms with E-state index in [2.05, 4.69) is 42.9 Å². The van der Waals surface area contributed by atoms with Crippen molar-refractivity contribution in [3.05, 3.63) is 63.6 Å². The molecule has 0 aliphatic carbocycles. The predicted octanol–water partition coefficient (Wildman–Crippen LogP) is 6.34. The van der Waals surface area contributed by atoms with Crippen molar-refractivity contribution in [3.8, 4) is 11.6 Å². The second-order valence-electron chi connectivity index (χ2n) is 4.46. The number of aromatic nitrogens is 1. The lowest BCUT2D eigenvalue weighted by molar-refractivity contribution is 0.461. The molecule has 0 saturated heterocycles. The lowest BCUT2D eigenvalue weighted by Crippen LogP contribution is -1.94. The molecule has 0 atom stereocenters. The molecule has 0 saturated carbocycles. The Kier molecular flexibility index (Phi) is 4.48. The molecule has 2 aromatic carbocycles. The maximum atomic E-state index is 6.17. The molecular formula is C16H10Br2ClNO. The number of benzene rings is 2. The fraction of sp³-hybridized carbons (Fsp3) is 0.0625. The zero-order valence-electron chi connectivity index (χ0n) is 10.8. The smallest absolute Gasteiger partial charge is 0.223 e. The quantitative estimate of drug-likeness (QED) is 0.455. The summed E-state index contributed by atoms with van der Waals surface area (Å²) in [5.41, 5.74) is 1.87. The van der Waals surface area contributed by atoms with Crippen molar-refractivity contribution < 1.29 is 4.74 Å². The van der Waals surface area contributed by atoms with Crippen molar-refractivity contribution in [2.45, 2.75) is 5.33 Å². The van der Waals surface area contributed by atoms with Gasteiger partial charge in [-0.1, -0.05) is 61.7 Å². The number of nitrogens with zero attached hydrogens (tertiary/aromatic N) is 1. The van der Waals surface area contributed by atoms with Crippen molar-refractivity contribution in [2.24, 2.45) is 0 Å². The van der Waals surface area contributed by atoms with Gasteiger partial charge in [0.2, 0.25) is 5.88 Å². The third kappa shape index (κ3) is 3.23. The van der Waals surface area contributed by atoms with E-state index in [0.717, 1.165) is 20.9 Å². The number of halogens is 3. The number of para-hydroxylation sites is 1. The number of pyridine rings is 1. The summed E-state index contributed by atoms with van der Waals surface area (Å²) in [6, 6.07) is 15.5. The largest absolute Gasteiger partial charge is 0.437 e. The Morgan fingerprint density at radius 1 is 1.10 bits per heavy atom. The lowest BCUT2D eigenvalue weighted by atomic mass is 10.2. The molecule has 0 fully saturated rings. The molecule has 1 aromatic heterocycles. The molecule has 0 N–H and O–H groups in total. The highest BCUT2D eigenvalue weighted by Gasteiger charge is 2.11. The van der Waals surface area contributed by atoms with Gasteiger partial charge in [0.05, 0.1) is 10.5 Å². The number of fused-ring (bicyclic) bond motifs is 1. The summed E-state index contributed by atoms with van der Waals surface area (Å²) >= 11 is 13.1. The Hall–Kier alpha value is -1.10. The van der Waals surface area contributed by atoms with Crippen LogP contribution in [0.15, 0.2) is 53.0 Å². The molecule has 5 heteroatoms. The highest BCUT2D eigenvalue weighted by molar-refractivity contribution is 9.10. The summed E-state index contributed by atoms with van der Waals surface area (Å²) in [7, 11) is 0. The van der Waals surface area contributed by atoms with E-state index in [0.29, 0.717) is 22.0 Å². The van der Waals surface area contributed by atoms with Gasteiger partial charge in [-0.2, -0.15) is 0 Å². The SMILES string of the molecule is Clc1ccc(Br)cc1Oc1nc2ccccc2cc1CBr. The highest BCUT2D eigenvalue weighted by atomic mass is 79.9. The Labute approximate surface area is 144 Å². The molecule has 0 spiro atoms. The summed E-state index contributed by atoms with van der Waals surface area (Å²) in [4.78, 5) is 4.59. The van der Waals surface area contributed by atoms with E-state index in [4.69, 9.17) is 16.3 Å². The minimum absolute atomic E-state index is 0.550. The first kappa shape index (κ1) is 14.8. The van der Waals surface area contributed by atoms with E-state index in [-0.39, 0.29) is 0 Å². The minimum atomic E-state index is 0.550. The topological polar surface area (TPSA) is 22.1 Å². The van der Waals surface area contributed by atoms with Gasteiger partial charge in [0.25, 0.3) is 0 Å². The van der Waals surface area contributed by atoms with Gasteiger partial charge >= 0.3 is 0 Å². The molecule has 0 aliphatic heterocycles. The van der Waals surface area contributed by atoms with Crippen LogP contribution in [0.3, 0.4) is 0 Å². The first-order valence-electron chi connectivity index (χ1n) is 6.25. The van der Waals surface area contributed by atoms with Crippen LogP contribution in [0.5, 0.6) is 11.6 Å². The number of ether oxygens (including phenoxy) is 1. The molecule has 1 heterocycles. The van der Waals surface area contributed by atoms with Crippen molar-refractivity contribution in [1.82, 2.24) is 4.98 Å². The van der Waals surface area contributed by atoms with E-state index in [1.54, 1.807) is 6.07 Å². The van der Waals surface area contributed by atoms with Crippen LogP contribution >= 0.6 is 43.5 Å². The van der Waals surface area contributed by atoms with Gasteiger partial charge < -0.3 is 4.74 Å². The maximum absolute atomic E-state index is 6.17. The summed E-state index contributed by atoms with van der Waals surface area (Å²) in [6.07, 6.45) is 0. The third-order valence-electron chi connectivity index (χ3n) is 3.01. The Bertz CT molecular complexity index is 807. The molecule has 3 aromatic rings. The maximum Gasteiger partial charge on any atom is 0.223 e. The number of hydrogen-bond acceptors (Lipinski definition) is 2. The van der Waals surface area contributed by atoms with Gasteiger partial charge in [-0.15, -0.1) is 0 Å². The van der Waals surface area contributed by atoms with Gasteiger partial charge in [-0.25, -0.2) is 4.98 Å². The predicted molar refractivity (Wildman–Crippen MR) is 93.6 cm³/mol. The van der Waals surface area contributed by atoms with Crippen LogP contribution < -0.4 is 4.74 Å². The van der Waals surface area contributed by atoms with Crippen LogP contribution in [0.2, 0.25) is 5.02 Å². The highest BCUT2D eigenvalue weighted by Crippen LogP contribution is 2.34. The first-order valence-corrected chi connectivity index (χ1v) is 8.54. The van der Waals surface area contributed by atoms with Gasteiger partial charge in [0, 0.05) is 20.8 Å². The van der Waals surface area contributed by atoms with Crippen LogP contribution in [0, 0.1) is 0 Å². The fourth-order valence-electron chi connectivity index (χ4n) is 1.99. The van der Waals surface area contributed by atoms with Crippen LogP contribution in [-0.4, -0.2) is 4.98 Å². The van der Waals surface area contributed by atoms with Crippen LogP contribution in [0.25, 0.3) is 10.9 Å². The van der Waals surface area contributed by atoms with Crippen molar-refractivity contribution in [3.63, 3.8) is 0 Å². The number of alkyl halides is 1. The molecule has 106 valence electrons. The summed E-state index contributed by atoms with van der Waals surface area (Å²) in [5.74, 6) is 1.14. The number of rotatable bonds is 3. The average molecular weight is 428 g/mol. The molecule has 3 rings (SSSR count). The molecule has 0 radical (unpaired) electrons. The Balaban J connectivity index is 2.08. The van der Waals surface area contributed by atoms with E-state index >= 15 is 0 Å². The van der Waals surface area contributed by atoms with Gasteiger partial charge in [0.1, 0.15) is 5.75 Å². The standard InChI is InChI=1S/C16H10Br2ClNO/c17-9-11-7-10-3-1-2-4-14(10)20-16(11)21-15-8-12(18)5-6-13(15)19/h1-8H,9H2. The van der Waals surface area contributed by atoms with E-state index in [1.807, 2.05) is 36.4 Å². The fourth-order valence-corrected chi connectivity index (χ4v) is 2.88. The van der Waals surface area contributed by atoms with Crippen molar-refractivity contribution in [1.29, 1.82) is 0 Å². The third-order valence-corrected chi connectivity index (χ3v) is 4.42. The average Bonchev–Trinajstić information content (AvgIpc) is 2.50. The zero-order chi connectivity index (χ0) is 14.8. The molecular weight excluding hydrogens is 417 g/mol. The summed E-state index contributed by atoms with van der Waals surface area (Å²) < 4.78 is 6.82. The van der Waals surface area contributed by atoms with E-state index in [1.165, 1.54) is 0 Å². The lowest BCUT2D eigenvalue weighted by Gasteiger charge is -2.11. The van der Waals surface area contributed by atoms with Gasteiger partial charge in [-0.3, -0.25) is 0 Å². The molecule has 2 nitrogen and oxygen atoms in total. The van der Waals surface area contributed by atoms with Crippen LogP contribution in [0.4, 0.5) is 0 Å². The monoisotopic (exact) mass is 425 g/mol. The van der Waals surface area contributed by atoms with Crippen molar-refractivity contribution >= 4 is 54.4 Å². The molecule has 0 unspecified atom stereocenters. The normalized spacial score (nSPS) is 10.8. The summed E-state index contributed by atoms with van der Waals surface area (Å²) in [6.45, 7) is 0. The van der Waals surface area contributed by atoms with Crippen LogP contribution in [0.1, 0.15) is 5.56 Å². The second kappa shape index (κ2) is 6.34. The minimum Gasteiger partial charge on any atom is -0.437 e. The second-order valence-corrected chi connectivity index (χ2v) is 6.34. The van der Waals surface area contributed by atoms with E-state index < -0.39 is 0 Å². The zero-order valence-corrected chi connectivity index (χ0v) is 14.7. The van der Waals surface area contributed by atoms with Crippen LogP contribution in [-0.2, 0) is 5.33 Å². The number of hydrogen-bond donors (Lipinski definition) is 0. The summed E-state index contributed by atoms with van der Waals surface area (Å²) in [5, 5.41) is 2.29. The van der Waals surface area contributed by atoms with Gasteiger partial charge in [0.15, 0.2) is 0 Å². The Morgan fingerprint density at radius 3 is 2.71 bits per heavy atom. The Morgan fingerprint density at radius 2 is 1.90 bits per heavy atom. The first-order chi connectivity index (χ1) is 10.2. The molecule has 0 aliphatic rings. The molecule has 21 heavy (non-hydrogen) atoms. The van der Waals surface area contributed by atoms with Gasteiger partial charge in [-0.05, 0) is 30.3 Å².